The Labute approximate surface area is 56.5 Å². The molecule has 10 heavy (non-hydrogen) atoms. The molecule has 0 aromatic carbocycles. The van der Waals surface area contributed by atoms with Crippen LogP contribution in [0.1, 0.15) is 12.2 Å². The van der Waals surface area contributed by atoms with Gasteiger partial charge in [0.05, 0.1) is 12.0 Å². The van der Waals surface area contributed by atoms with E-state index in [1.807, 2.05) is 0 Å². The minimum Gasteiger partial charge on any atom is -0.325 e. The zero-order valence-corrected chi connectivity index (χ0v) is 5.17. The number of rotatable bonds is 2. The van der Waals surface area contributed by atoms with Crippen LogP contribution in [0.4, 0.5) is 8.78 Å². The van der Waals surface area contributed by atoms with Crippen molar-refractivity contribution in [1.82, 2.24) is 9.55 Å². The summed E-state index contributed by atoms with van der Waals surface area (Å²) in [5.74, 6) is 0. The topological polar surface area (TPSA) is 43.8 Å². The van der Waals surface area contributed by atoms with E-state index in [0.29, 0.717) is 10.3 Å². The molecule has 0 saturated carbocycles. The summed E-state index contributed by atoms with van der Waals surface area (Å²) in [6, 6.07) is 0. The first-order valence-corrected chi connectivity index (χ1v) is 2.74. The SMILES string of the molecule is NCc1cn(C(F)F)cn1. The molecule has 0 aliphatic rings. The molecule has 0 aliphatic heterocycles. The molecule has 0 saturated heterocycles. The number of imidazole rings is 1. The first-order valence-electron chi connectivity index (χ1n) is 2.74. The van der Waals surface area contributed by atoms with Gasteiger partial charge in [-0.25, -0.2) is 4.98 Å². The average Bonchev–Trinajstić information content (AvgIpc) is 2.34. The van der Waals surface area contributed by atoms with Crippen molar-refractivity contribution >= 4 is 0 Å². The second kappa shape index (κ2) is 2.74. The van der Waals surface area contributed by atoms with Crippen LogP contribution in [0.5, 0.6) is 0 Å². The van der Waals surface area contributed by atoms with Gasteiger partial charge >= 0.3 is 6.55 Å². The smallest absolute Gasteiger partial charge is 0.319 e. The number of alkyl halides is 2. The Morgan fingerprint density at radius 1 is 1.70 bits per heavy atom. The summed E-state index contributed by atoms with van der Waals surface area (Å²) >= 11 is 0. The first kappa shape index (κ1) is 7.14. The molecule has 2 N–H and O–H groups in total. The molecule has 0 amide bonds. The van der Waals surface area contributed by atoms with Crippen molar-refractivity contribution in [2.45, 2.75) is 13.1 Å². The van der Waals surface area contributed by atoms with Crippen LogP contribution in [-0.4, -0.2) is 9.55 Å². The molecule has 5 heteroatoms. The molecular weight excluding hydrogens is 140 g/mol. The zero-order chi connectivity index (χ0) is 7.56. The quantitative estimate of drug-likeness (QED) is 0.670. The van der Waals surface area contributed by atoms with Gasteiger partial charge in [0.15, 0.2) is 0 Å². The first-order chi connectivity index (χ1) is 4.74. The third-order valence-electron chi connectivity index (χ3n) is 1.09. The van der Waals surface area contributed by atoms with Gasteiger partial charge in [0.1, 0.15) is 0 Å². The Hall–Kier alpha value is -0.970. The van der Waals surface area contributed by atoms with E-state index in [0.717, 1.165) is 6.33 Å². The molecule has 0 unspecified atom stereocenters. The van der Waals surface area contributed by atoms with Crippen molar-refractivity contribution in [2.75, 3.05) is 0 Å². The van der Waals surface area contributed by atoms with Crippen LogP contribution in [0, 0.1) is 0 Å². The van der Waals surface area contributed by atoms with Crippen LogP contribution < -0.4 is 5.73 Å². The predicted molar refractivity (Wildman–Crippen MR) is 31.4 cm³/mol. The highest BCUT2D eigenvalue weighted by atomic mass is 19.3. The molecule has 0 radical (unpaired) electrons. The number of hydrogen-bond donors (Lipinski definition) is 1. The van der Waals surface area contributed by atoms with E-state index in [2.05, 4.69) is 4.98 Å². The normalized spacial score (nSPS) is 10.8. The molecule has 0 spiro atoms. The predicted octanol–water partition coefficient (Wildman–Crippen LogP) is 0.737. The lowest BCUT2D eigenvalue weighted by atomic mass is 10.5. The molecule has 1 rings (SSSR count). The van der Waals surface area contributed by atoms with E-state index in [-0.39, 0.29) is 6.54 Å². The largest absolute Gasteiger partial charge is 0.325 e. The lowest BCUT2D eigenvalue weighted by Gasteiger charge is -1.95. The summed E-state index contributed by atoms with van der Waals surface area (Å²) in [7, 11) is 0. The number of hydrogen-bond acceptors (Lipinski definition) is 2. The van der Waals surface area contributed by atoms with Crippen LogP contribution in [0.3, 0.4) is 0 Å². The third-order valence-corrected chi connectivity index (χ3v) is 1.09. The molecule has 3 nitrogen and oxygen atoms in total. The van der Waals surface area contributed by atoms with E-state index in [4.69, 9.17) is 5.73 Å². The fraction of sp³-hybridized carbons (Fsp3) is 0.400. The summed E-state index contributed by atoms with van der Waals surface area (Å²) in [6.07, 6.45) is 2.29. The van der Waals surface area contributed by atoms with Gasteiger partial charge in [0.25, 0.3) is 0 Å². The highest BCUT2D eigenvalue weighted by Crippen LogP contribution is 2.08. The van der Waals surface area contributed by atoms with Gasteiger partial charge in [-0.2, -0.15) is 8.78 Å². The van der Waals surface area contributed by atoms with Crippen molar-refractivity contribution < 1.29 is 8.78 Å². The minimum atomic E-state index is -2.52. The maximum atomic E-state index is 11.8. The fourth-order valence-electron chi connectivity index (χ4n) is 0.592. The van der Waals surface area contributed by atoms with Crippen LogP contribution >= 0.6 is 0 Å². The lowest BCUT2D eigenvalue weighted by Crippen LogP contribution is -1.96. The van der Waals surface area contributed by atoms with E-state index < -0.39 is 6.55 Å². The van der Waals surface area contributed by atoms with E-state index in [1.54, 1.807) is 0 Å². The molecule has 56 valence electrons. The van der Waals surface area contributed by atoms with Crippen LogP contribution in [0.25, 0.3) is 0 Å². The second-order valence-corrected chi connectivity index (χ2v) is 1.79. The van der Waals surface area contributed by atoms with E-state index >= 15 is 0 Å². The number of nitrogens with zero attached hydrogens (tertiary/aromatic N) is 2. The second-order valence-electron chi connectivity index (χ2n) is 1.79. The summed E-state index contributed by atoms with van der Waals surface area (Å²) in [4.78, 5) is 3.61. The minimum absolute atomic E-state index is 0.194. The van der Waals surface area contributed by atoms with Gasteiger partial charge in [-0.3, -0.25) is 4.57 Å². The molecule has 0 atom stereocenters. The van der Waals surface area contributed by atoms with E-state index in [1.165, 1.54) is 6.20 Å². The highest BCUT2D eigenvalue weighted by molar-refractivity contribution is 4.95. The lowest BCUT2D eigenvalue weighted by molar-refractivity contribution is 0.0701. The van der Waals surface area contributed by atoms with Gasteiger partial charge in [-0.1, -0.05) is 0 Å². The average molecular weight is 147 g/mol. The van der Waals surface area contributed by atoms with Gasteiger partial charge in [0, 0.05) is 12.7 Å². The van der Waals surface area contributed by atoms with Crippen molar-refractivity contribution in [2.24, 2.45) is 5.73 Å². The van der Waals surface area contributed by atoms with Gasteiger partial charge in [-0.15, -0.1) is 0 Å². The Morgan fingerprint density at radius 3 is 2.70 bits per heavy atom. The van der Waals surface area contributed by atoms with Crippen molar-refractivity contribution in [3.05, 3.63) is 18.2 Å². The molecule has 1 aromatic heterocycles. The van der Waals surface area contributed by atoms with Crippen LogP contribution in [0.15, 0.2) is 12.5 Å². The molecule has 0 aliphatic carbocycles. The molecule has 0 fully saturated rings. The van der Waals surface area contributed by atoms with Crippen LogP contribution in [-0.2, 0) is 6.54 Å². The van der Waals surface area contributed by atoms with Crippen molar-refractivity contribution in [1.29, 1.82) is 0 Å². The molecule has 0 bridgehead atoms. The summed E-state index contributed by atoms with van der Waals surface area (Å²) in [5.41, 5.74) is 5.62. The standard InChI is InChI=1S/C5H7F2N3/c6-5(7)10-2-4(1-8)9-3-10/h2-3,5H,1,8H2. The highest BCUT2D eigenvalue weighted by Gasteiger charge is 2.04. The Balaban J connectivity index is 2.78. The number of halogens is 2. The number of nitrogens with two attached hydrogens (primary N) is 1. The third kappa shape index (κ3) is 1.30. The zero-order valence-electron chi connectivity index (χ0n) is 5.17. The van der Waals surface area contributed by atoms with Crippen molar-refractivity contribution in [3.8, 4) is 0 Å². The van der Waals surface area contributed by atoms with Crippen LogP contribution in [0.2, 0.25) is 0 Å². The Kier molecular flexibility index (Phi) is 1.96. The Morgan fingerprint density at radius 2 is 2.40 bits per heavy atom. The maximum absolute atomic E-state index is 11.8. The summed E-state index contributed by atoms with van der Waals surface area (Å²) in [5, 5.41) is 0. The van der Waals surface area contributed by atoms with Gasteiger partial charge < -0.3 is 5.73 Å². The monoisotopic (exact) mass is 147 g/mol. The maximum Gasteiger partial charge on any atom is 0.319 e. The Bertz CT molecular complexity index is 208. The summed E-state index contributed by atoms with van der Waals surface area (Å²) in [6.45, 7) is -2.33. The molecule has 1 aromatic rings. The van der Waals surface area contributed by atoms with Crippen molar-refractivity contribution in [3.63, 3.8) is 0 Å². The molecule has 1 heterocycles. The fourth-order valence-corrected chi connectivity index (χ4v) is 0.592. The molecular formula is C5H7F2N3. The van der Waals surface area contributed by atoms with Gasteiger partial charge in [0.2, 0.25) is 0 Å². The number of aromatic nitrogens is 2. The van der Waals surface area contributed by atoms with Gasteiger partial charge in [-0.05, 0) is 0 Å². The summed E-state index contributed by atoms with van der Waals surface area (Å²) < 4.78 is 24.3. The van der Waals surface area contributed by atoms with E-state index in [9.17, 15) is 8.78 Å².